The van der Waals surface area contributed by atoms with Crippen LogP contribution < -0.4 is 5.32 Å². The molecular formula is C25H26Cl2N4OS. The number of nitrogens with zero attached hydrogens (tertiary/aromatic N) is 3. The van der Waals surface area contributed by atoms with Crippen LogP contribution in [0.3, 0.4) is 0 Å². The van der Waals surface area contributed by atoms with Crippen LogP contribution in [0, 0.1) is 13.8 Å². The number of thiocarbonyl (C=S) groups is 1. The molecule has 0 bridgehead atoms. The van der Waals surface area contributed by atoms with E-state index in [2.05, 4.69) is 45.7 Å². The number of nitrogens with one attached hydrogen (secondary N) is 1. The van der Waals surface area contributed by atoms with Crippen LogP contribution in [0.25, 0.3) is 5.69 Å². The second kappa shape index (κ2) is 9.26. The van der Waals surface area contributed by atoms with Crippen LogP contribution in [0.1, 0.15) is 47.6 Å². The molecule has 33 heavy (non-hydrogen) atoms. The number of ether oxygens (including phenoxy) is 1. The van der Waals surface area contributed by atoms with Crippen molar-refractivity contribution in [2.75, 3.05) is 13.2 Å². The molecule has 3 aromatic rings. The van der Waals surface area contributed by atoms with E-state index in [1.807, 2.05) is 30.5 Å². The molecule has 4 heterocycles. The van der Waals surface area contributed by atoms with E-state index in [9.17, 15) is 0 Å². The van der Waals surface area contributed by atoms with Gasteiger partial charge in [-0.1, -0.05) is 29.3 Å². The Bertz CT molecular complexity index is 1180. The molecule has 2 saturated heterocycles. The van der Waals surface area contributed by atoms with Gasteiger partial charge in [-0.3, -0.25) is 4.98 Å². The van der Waals surface area contributed by atoms with E-state index in [4.69, 9.17) is 40.2 Å². The lowest BCUT2D eigenvalue weighted by molar-refractivity contribution is 0.0842. The highest BCUT2D eigenvalue weighted by Crippen LogP contribution is 2.42. The Morgan fingerprint density at radius 2 is 2.03 bits per heavy atom. The molecule has 0 spiro atoms. The minimum Gasteiger partial charge on any atom is -0.376 e. The van der Waals surface area contributed by atoms with E-state index in [1.165, 1.54) is 5.56 Å². The summed E-state index contributed by atoms with van der Waals surface area (Å²) < 4.78 is 8.15. The number of aromatic nitrogens is 2. The van der Waals surface area contributed by atoms with Crippen molar-refractivity contribution in [1.29, 1.82) is 0 Å². The van der Waals surface area contributed by atoms with E-state index in [-0.39, 0.29) is 18.2 Å². The zero-order chi connectivity index (χ0) is 23.1. The first-order valence-corrected chi connectivity index (χ1v) is 12.3. The third kappa shape index (κ3) is 4.26. The normalized spacial score (nSPS) is 22.7. The van der Waals surface area contributed by atoms with Gasteiger partial charge in [-0.15, -0.1) is 0 Å². The predicted octanol–water partition coefficient (Wildman–Crippen LogP) is 5.95. The van der Waals surface area contributed by atoms with Crippen molar-refractivity contribution in [3.05, 3.63) is 81.4 Å². The van der Waals surface area contributed by atoms with Crippen LogP contribution in [-0.4, -0.2) is 38.8 Å². The Hall–Kier alpha value is -2.12. The summed E-state index contributed by atoms with van der Waals surface area (Å²) in [5.41, 5.74) is 5.29. The monoisotopic (exact) mass is 500 g/mol. The third-order valence-corrected chi connectivity index (χ3v) is 7.45. The van der Waals surface area contributed by atoms with E-state index in [1.54, 1.807) is 6.07 Å². The average Bonchev–Trinajstić information content (AvgIpc) is 3.49. The van der Waals surface area contributed by atoms with Gasteiger partial charge >= 0.3 is 0 Å². The maximum Gasteiger partial charge on any atom is 0.170 e. The molecule has 2 aliphatic heterocycles. The molecule has 0 saturated carbocycles. The van der Waals surface area contributed by atoms with Crippen molar-refractivity contribution < 1.29 is 4.74 Å². The van der Waals surface area contributed by atoms with E-state index < -0.39 is 0 Å². The van der Waals surface area contributed by atoms with E-state index >= 15 is 0 Å². The van der Waals surface area contributed by atoms with Crippen molar-refractivity contribution in [1.82, 2.24) is 19.8 Å². The molecule has 1 aromatic carbocycles. The first kappa shape index (κ1) is 22.7. The van der Waals surface area contributed by atoms with Gasteiger partial charge in [0.2, 0.25) is 0 Å². The molecule has 0 aliphatic carbocycles. The van der Waals surface area contributed by atoms with Crippen molar-refractivity contribution in [3.63, 3.8) is 0 Å². The van der Waals surface area contributed by atoms with Gasteiger partial charge in [0.05, 0.1) is 34.6 Å². The van der Waals surface area contributed by atoms with E-state index in [0.717, 1.165) is 53.9 Å². The van der Waals surface area contributed by atoms with Gasteiger partial charge in [0.25, 0.3) is 0 Å². The summed E-state index contributed by atoms with van der Waals surface area (Å²) >= 11 is 18.6. The Morgan fingerprint density at radius 3 is 2.73 bits per heavy atom. The second-order valence-electron chi connectivity index (χ2n) is 8.67. The molecule has 2 aromatic heterocycles. The summed E-state index contributed by atoms with van der Waals surface area (Å²) in [6.45, 7) is 5.80. The second-order valence-corrected chi connectivity index (χ2v) is 9.90. The average molecular weight is 501 g/mol. The fraction of sp³-hybridized carbons (Fsp3) is 0.360. The number of halogens is 2. The zero-order valence-corrected chi connectivity index (χ0v) is 20.9. The highest BCUT2D eigenvalue weighted by atomic mass is 35.5. The maximum absolute atomic E-state index is 6.59. The van der Waals surface area contributed by atoms with Crippen LogP contribution in [-0.2, 0) is 4.74 Å². The van der Waals surface area contributed by atoms with Gasteiger partial charge in [-0.2, -0.15) is 0 Å². The first-order valence-electron chi connectivity index (χ1n) is 11.2. The Morgan fingerprint density at radius 1 is 1.18 bits per heavy atom. The smallest absolute Gasteiger partial charge is 0.170 e. The number of hydrogen-bond donors (Lipinski definition) is 1. The van der Waals surface area contributed by atoms with Gasteiger partial charge in [0.15, 0.2) is 5.11 Å². The Balaban J connectivity index is 1.60. The molecule has 1 N–H and O–H groups in total. The highest BCUT2D eigenvalue weighted by Gasteiger charge is 2.42. The van der Waals surface area contributed by atoms with Crippen LogP contribution in [0.4, 0.5) is 0 Å². The van der Waals surface area contributed by atoms with Crippen LogP contribution in [0.5, 0.6) is 0 Å². The minimum atomic E-state index is -0.0604. The summed E-state index contributed by atoms with van der Waals surface area (Å²) in [4.78, 5) is 6.93. The molecular weight excluding hydrogens is 475 g/mol. The summed E-state index contributed by atoms with van der Waals surface area (Å²) in [5.74, 6) is 0. The van der Waals surface area contributed by atoms with Crippen molar-refractivity contribution in [3.8, 4) is 5.69 Å². The molecule has 2 aliphatic rings. The molecule has 2 fully saturated rings. The number of aryl methyl sites for hydroxylation is 1. The van der Waals surface area contributed by atoms with Crippen molar-refractivity contribution >= 4 is 40.5 Å². The minimum absolute atomic E-state index is 0.0115. The Labute approximate surface area is 209 Å². The topological polar surface area (TPSA) is 42.3 Å². The zero-order valence-electron chi connectivity index (χ0n) is 18.6. The lowest BCUT2D eigenvalue weighted by atomic mass is 9.96. The maximum atomic E-state index is 6.59. The predicted molar refractivity (Wildman–Crippen MR) is 136 cm³/mol. The summed E-state index contributed by atoms with van der Waals surface area (Å²) in [7, 11) is 0. The lowest BCUT2D eigenvalue weighted by Gasteiger charge is -2.30. The molecule has 5 nitrogen and oxygen atoms in total. The van der Waals surface area contributed by atoms with Crippen molar-refractivity contribution in [2.45, 2.75) is 44.9 Å². The van der Waals surface area contributed by atoms with Gasteiger partial charge in [-0.05, 0) is 80.9 Å². The fourth-order valence-electron chi connectivity index (χ4n) is 5.07. The number of hydrogen-bond acceptors (Lipinski definition) is 3. The molecule has 0 amide bonds. The molecule has 3 atom stereocenters. The SMILES string of the molecule is Cc1cc([C@@H]2[C@@H](c3ccccn3)NC(=S)N2C[C@@H]2CCCO2)c(C)n1-c1ccc(Cl)cc1Cl. The quantitative estimate of drug-likeness (QED) is 0.438. The van der Waals surface area contributed by atoms with Gasteiger partial charge in [-0.25, -0.2) is 0 Å². The number of rotatable bonds is 5. The molecule has 0 unspecified atom stereocenters. The van der Waals surface area contributed by atoms with Crippen LogP contribution in [0.15, 0.2) is 48.7 Å². The van der Waals surface area contributed by atoms with Gasteiger partial charge in [0.1, 0.15) is 0 Å². The number of benzene rings is 1. The summed E-state index contributed by atoms with van der Waals surface area (Å²) in [6.07, 6.45) is 4.16. The lowest BCUT2D eigenvalue weighted by Crippen LogP contribution is -2.36. The summed E-state index contributed by atoms with van der Waals surface area (Å²) in [6, 6.07) is 13.8. The standard InChI is InChI=1S/C25H26Cl2N4OS/c1-15-12-19(16(2)31(15)22-9-8-17(26)13-20(22)27)24-23(21-7-3-4-10-28-21)29-25(33)30(24)14-18-6-5-11-32-18/h3-4,7-10,12-13,18,23-24H,5-6,11,14H2,1-2H3,(H,29,33)/t18-,23+,24+/m0/s1. The number of pyridine rings is 1. The summed E-state index contributed by atoms with van der Waals surface area (Å²) in [5, 5.41) is 5.52. The fourth-order valence-corrected chi connectivity index (χ4v) is 5.88. The van der Waals surface area contributed by atoms with E-state index in [0.29, 0.717) is 10.0 Å². The molecule has 8 heteroatoms. The molecule has 5 rings (SSSR count). The highest BCUT2D eigenvalue weighted by molar-refractivity contribution is 7.80. The Kier molecular flexibility index (Phi) is 6.36. The largest absolute Gasteiger partial charge is 0.376 e. The third-order valence-electron chi connectivity index (χ3n) is 6.56. The van der Waals surface area contributed by atoms with Crippen molar-refractivity contribution in [2.24, 2.45) is 0 Å². The van der Waals surface area contributed by atoms with Crippen LogP contribution in [0.2, 0.25) is 10.0 Å². The van der Waals surface area contributed by atoms with Gasteiger partial charge < -0.3 is 19.5 Å². The first-order chi connectivity index (χ1) is 15.9. The van der Waals surface area contributed by atoms with Crippen LogP contribution >= 0.6 is 35.4 Å². The molecule has 0 radical (unpaired) electrons. The van der Waals surface area contributed by atoms with Gasteiger partial charge in [0, 0.05) is 35.8 Å². The molecule has 172 valence electrons.